The van der Waals surface area contributed by atoms with Gasteiger partial charge in [0.05, 0.1) is 13.2 Å². The van der Waals surface area contributed by atoms with Crippen LogP contribution in [0.4, 0.5) is 0 Å². The molecule has 0 saturated carbocycles. The fourth-order valence-electron chi connectivity index (χ4n) is 1.72. The predicted octanol–water partition coefficient (Wildman–Crippen LogP) is 1.48. The van der Waals surface area contributed by atoms with E-state index in [-0.39, 0.29) is 11.7 Å². The predicted molar refractivity (Wildman–Crippen MR) is 48.4 cm³/mol. The zero-order valence-electron chi connectivity index (χ0n) is 8.21. The molecular formula is C10H16O3. The van der Waals surface area contributed by atoms with Gasteiger partial charge in [-0.05, 0) is 20.3 Å². The summed E-state index contributed by atoms with van der Waals surface area (Å²) in [6.07, 6.45) is 2.79. The van der Waals surface area contributed by atoms with Crippen molar-refractivity contribution in [3.8, 4) is 0 Å². The van der Waals surface area contributed by atoms with Crippen molar-refractivity contribution in [2.45, 2.75) is 37.8 Å². The Morgan fingerprint density at radius 3 is 2.54 bits per heavy atom. The molecule has 3 heteroatoms. The van der Waals surface area contributed by atoms with Crippen LogP contribution in [0.25, 0.3) is 0 Å². The minimum atomic E-state index is -0.454. The lowest BCUT2D eigenvalue weighted by molar-refractivity contribution is -0.146. The highest BCUT2D eigenvalue weighted by Gasteiger charge is 2.55. The normalized spacial score (nSPS) is 41.8. The second kappa shape index (κ2) is 2.80. The second-order valence-electron chi connectivity index (χ2n) is 4.16. The van der Waals surface area contributed by atoms with Crippen molar-refractivity contribution in [3.05, 3.63) is 12.7 Å². The molecule has 3 nitrogen and oxygen atoms in total. The van der Waals surface area contributed by atoms with E-state index in [0.29, 0.717) is 6.61 Å². The van der Waals surface area contributed by atoms with E-state index in [1.807, 2.05) is 19.9 Å². The molecule has 13 heavy (non-hydrogen) atoms. The van der Waals surface area contributed by atoms with E-state index in [9.17, 15) is 0 Å². The van der Waals surface area contributed by atoms with Crippen molar-refractivity contribution in [1.82, 2.24) is 0 Å². The Balaban J connectivity index is 1.99. The van der Waals surface area contributed by atoms with Crippen molar-refractivity contribution in [2.75, 3.05) is 13.2 Å². The number of hydrogen-bond donors (Lipinski definition) is 0. The molecule has 0 unspecified atom stereocenters. The van der Waals surface area contributed by atoms with Crippen molar-refractivity contribution in [2.24, 2.45) is 0 Å². The molecule has 0 N–H and O–H groups in total. The van der Waals surface area contributed by atoms with Gasteiger partial charge in [0.2, 0.25) is 0 Å². The molecule has 2 fully saturated rings. The van der Waals surface area contributed by atoms with Crippen molar-refractivity contribution >= 4 is 0 Å². The second-order valence-corrected chi connectivity index (χ2v) is 4.16. The van der Waals surface area contributed by atoms with Gasteiger partial charge in [-0.2, -0.15) is 0 Å². The molecule has 2 atom stereocenters. The monoisotopic (exact) mass is 184 g/mol. The van der Waals surface area contributed by atoms with E-state index in [4.69, 9.17) is 14.2 Å². The molecule has 0 radical (unpaired) electrons. The molecule has 74 valence electrons. The van der Waals surface area contributed by atoms with E-state index < -0.39 is 5.79 Å². The summed E-state index contributed by atoms with van der Waals surface area (Å²) < 4.78 is 16.7. The van der Waals surface area contributed by atoms with Crippen molar-refractivity contribution < 1.29 is 14.2 Å². The Hall–Kier alpha value is -0.380. The maximum absolute atomic E-state index is 5.73. The minimum absolute atomic E-state index is 0.0699. The van der Waals surface area contributed by atoms with Gasteiger partial charge in [-0.25, -0.2) is 0 Å². The van der Waals surface area contributed by atoms with E-state index in [1.54, 1.807) is 0 Å². The van der Waals surface area contributed by atoms with Gasteiger partial charge in [-0.3, -0.25) is 0 Å². The average molecular weight is 184 g/mol. The topological polar surface area (TPSA) is 31.0 Å². The Morgan fingerprint density at radius 1 is 1.46 bits per heavy atom. The molecular weight excluding hydrogens is 168 g/mol. The van der Waals surface area contributed by atoms with Crippen LogP contribution < -0.4 is 0 Å². The van der Waals surface area contributed by atoms with E-state index >= 15 is 0 Å². The van der Waals surface area contributed by atoms with E-state index in [2.05, 4.69) is 6.58 Å². The summed E-state index contributed by atoms with van der Waals surface area (Å²) in [7, 11) is 0. The van der Waals surface area contributed by atoms with Crippen LogP contribution in [-0.2, 0) is 14.2 Å². The third kappa shape index (κ3) is 1.64. The highest BCUT2D eigenvalue weighted by atomic mass is 16.8. The molecule has 0 bridgehead atoms. The first-order chi connectivity index (χ1) is 6.08. The van der Waals surface area contributed by atoms with E-state index in [1.165, 1.54) is 0 Å². The zero-order chi connectivity index (χ0) is 9.53. The molecule has 2 heterocycles. The van der Waals surface area contributed by atoms with Gasteiger partial charge in [0, 0.05) is 0 Å². The molecule has 0 aromatic carbocycles. The summed E-state index contributed by atoms with van der Waals surface area (Å²) >= 11 is 0. The van der Waals surface area contributed by atoms with Crippen molar-refractivity contribution in [3.63, 3.8) is 0 Å². The highest BCUT2D eigenvalue weighted by molar-refractivity contribution is 5.05. The third-order valence-electron chi connectivity index (χ3n) is 2.60. The zero-order valence-corrected chi connectivity index (χ0v) is 8.21. The van der Waals surface area contributed by atoms with Crippen LogP contribution in [-0.4, -0.2) is 30.7 Å². The Labute approximate surface area is 78.7 Å². The summed E-state index contributed by atoms with van der Waals surface area (Å²) in [6.45, 7) is 8.97. The van der Waals surface area contributed by atoms with Crippen LogP contribution in [0.5, 0.6) is 0 Å². The summed E-state index contributed by atoms with van der Waals surface area (Å²) in [5.41, 5.74) is -0.129. The van der Waals surface area contributed by atoms with Crippen LogP contribution in [0.2, 0.25) is 0 Å². The van der Waals surface area contributed by atoms with Gasteiger partial charge >= 0.3 is 0 Å². The molecule has 2 aliphatic heterocycles. The molecule has 0 aromatic rings. The highest BCUT2D eigenvalue weighted by Crippen LogP contribution is 2.41. The molecule has 2 aliphatic rings. The van der Waals surface area contributed by atoms with Gasteiger partial charge in [0.15, 0.2) is 5.79 Å². The summed E-state index contributed by atoms with van der Waals surface area (Å²) in [4.78, 5) is 0. The Kier molecular flexibility index (Phi) is 1.98. The van der Waals surface area contributed by atoms with Gasteiger partial charge in [0.25, 0.3) is 0 Å². The van der Waals surface area contributed by atoms with Gasteiger partial charge in [0.1, 0.15) is 11.7 Å². The SMILES string of the molecule is C=CC[C@@]1([C@@H]2COC(C)(C)O2)CO1. The van der Waals surface area contributed by atoms with Crippen molar-refractivity contribution in [1.29, 1.82) is 0 Å². The number of epoxide rings is 1. The fraction of sp³-hybridized carbons (Fsp3) is 0.800. The standard InChI is InChI=1S/C10H16O3/c1-4-5-10(7-12-10)8-6-11-9(2,3)13-8/h4,8H,1,5-7H2,2-3H3/t8-,10-/m0/s1. The van der Waals surface area contributed by atoms with Gasteiger partial charge in [-0.1, -0.05) is 6.08 Å². The van der Waals surface area contributed by atoms with Crippen LogP contribution in [0, 0.1) is 0 Å². The lowest BCUT2D eigenvalue weighted by atomic mass is 10.0. The van der Waals surface area contributed by atoms with Crippen LogP contribution >= 0.6 is 0 Å². The lowest BCUT2D eigenvalue weighted by Crippen LogP contribution is -2.33. The summed E-state index contributed by atoms with van der Waals surface area (Å²) in [5.74, 6) is -0.454. The first-order valence-corrected chi connectivity index (χ1v) is 4.65. The molecule has 2 saturated heterocycles. The summed E-state index contributed by atoms with van der Waals surface area (Å²) in [5, 5.41) is 0. The van der Waals surface area contributed by atoms with Crippen LogP contribution in [0.3, 0.4) is 0 Å². The first-order valence-electron chi connectivity index (χ1n) is 4.65. The third-order valence-corrected chi connectivity index (χ3v) is 2.60. The number of rotatable bonds is 3. The number of ether oxygens (including phenoxy) is 3. The molecule has 0 aromatic heterocycles. The fourth-order valence-corrected chi connectivity index (χ4v) is 1.72. The smallest absolute Gasteiger partial charge is 0.163 e. The molecule has 0 spiro atoms. The molecule has 0 amide bonds. The Morgan fingerprint density at radius 2 is 2.15 bits per heavy atom. The van der Waals surface area contributed by atoms with Crippen LogP contribution in [0.1, 0.15) is 20.3 Å². The quantitative estimate of drug-likeness (QED) is 0.491. The number of hydrogen-bond acceptors (Lipinski definition) is 3. The maximum atomic E-state index is 5.73. The largest absolute Gasteiger partial charge is 0.366 e. The maximum Gasteiger partial charge on any atom is 0.163 e. The Bertz CT molecular complexity index is 218. The first kappa shape index (κ1) is 9.19. The van der Waals surface area contributed by atoms with Gasteiger partial charge in [-0.15, -0.1) is 6.58 Å². The van der Waals surface area contributed by atoms with Crippen LogP contribution in [0.15, 0.2) is 12.7 Å². The molecule has 0 aliphatic carbocycles. The van der Waals surface area contributed by atoms with Gasteiger partial charge < -0.3 is 14.2 Å². The summed E-state index contributed by atoms with van der Waals surface area (Å²) in [6, 6.07) is 0. The lowest BCUT2D eigenvalue weighted by Gasteiger charge is -2.20. The molecule has 2 rings (SSSR count). The average Bonchev–Trinajstić information content (AvgIpc) is 2.72. The van der Waals surface area contributed by atoms with E-state index in [0.717, 1.165) is 13.0 Å². The minimum Gasteiger partial charge on any atom is -0.366 e.